The fourth-order valence-corrected chi connectivity index (χ4v) is 2.57. The van der Waals surface area contributed by atoms with Crippen LogP contribution < -0.4 is 4.90 Å². The Labute approximate surface area is 138 Å². The van der Waals surface area contributed by atoms with Gasteiger partial charge in [-0.25, -0.2) is 9.37 Å². The number of halogens is 1. The summed E-state index contributed by atoms with van der Waals surface area (Å²) in [6.07, 6.45) is 0. The lowest BCUT2D eigenvalue weighted by Crippen LogP contribution is -2.33. The second-order valence-corrected chi connectivity index (χ2v) is 6.23. The average molecular weight is 335 g/mol. The van der Waals surface area contributed by atoms with Gasteiger partial charge in [0.25, 0.3) is 11.8 Å². The van der Waals surface area contributed by atoms with Crippen molar-refractivity contribution in [3.63, 3.8) is 0 Å². The molecule has 0 saturated heterocycles. The predicted octanol–water partition coefficient (Wildman–Crippen LogP) is 3.04. The summed E-state index contributed by atoms with van der Waals surface area (Å²) in [5, 5.41) is 2.05. The van der Waals surface area contributed by atoms with Crippen LogP contribution in [0.4, 0.5) is 9.52 Å². The van der Waals surface area contributed by atoms with E-state index in [0.717, 1.165) is 0 Å². The number of amides is 2. The van der Waals surface area contributed by atoms with Crippen LogP contribution in [0.5, 0.6) is 0 Å². The Morgan fingerprint density at radius 2 is 1.74 bits per heavy atom. The lowest BCUT2D eigenvalue weighted by molar-refractivity contribution is 0.0749. The average Bonchev–Trinajstić information content (AvgIpc) is 3.02. The van der Waals surface area contributed by atoms with E-state index in [1.54, 1.807) is 24.4 Å². The van der Waals surface area contributed by atoms with Crippen molar-refractivity contribution in [2.75, 3.05) is 19.0 Å². The van der Waals surface area contributed by atoms with Gasteiger partial charge in [0.15, 0.2) is 5.13 Å². The van der Waals surface area contributed by atoms with Crippen LogP contribution in [0.1, 0.15) is 34.7 Å². The van der Waals surface area contributed by atoms with Crippen LogP contribution in [0.15, 0.2) is 29.6 Å². The number of carbonyl (C=O) groups is 2. The summed E-state index contributed by atoms with van der Waals surface area (Å²) in [6, 6.07) is 5.36. The molecule has 0 fully saturated rings. The van der Waals surface area contributed by atoms with Crippen LogP contribution in [0, 0.1) is 5.82 Å². The maximum atomic E-state index is 12.9. The lowest BCUT2D eigenvalue weighted by Gasteiger charge is -2.20. The number of carbonyl (C=O) groups excluding carboxylic acids is 2. The number of anilines is 1. The van der Waals surface area contributed by atoms with E-state index in [1.807, 2.05) is 13.8 Å². The van der Waals surface area contributed by atoms with Gasteiger partial charge in [0.1, 0.15) is 11.5 Å². The molecule has 0 atom stereocenters. The predicted molar refractivity (Wildman–Crippen MR) is 88.5 cm³/mol. The third kappa shape index (κ3) is 3.73. The Bertz CT molecular complexity index is 712. The largest absolute Gasteiger partial charge is 0.338 e. The molecule has 2 rings (SSSR count). The van der Waals surface area contributed by atoms with Gasteiger partial charge in [-0.15, -0.1) is 11.3 Å². The second-order valence-electron chi connectivity index (χ2n) is 5.40. The molecule has 7 heteroatoms. The van der Waals surface area contributed by atoms with E-state index >= 15 is 0 Å². The summed E-state index contributed by atoms with van der Waals surface area (Å²) in [6.45, 7) is 3.82. The highest BCUT2D eigenvalue weighted by atomic mass is 32.1. The summed E-state index contributed by atoms with van der Waals surface area (Å²) in [5.41, 5.74) is 0.663. The summed E-state index contributed by atoms with van der Waals surface area (Å²) in [5.74, 6) is -0.899. The first-order chi connectivity index (χ1) is 10.8. The molecule has 0 spiro atoms. The molecule has 2 amide bonds. The topological polar surface area (TPSA) is 53.5 Å². The molecule has 1 aromatic carbocycles. The molecule has 2 aromatic rings. The van der Waals surface area contributed by atoms with Crippen molar-refractivity contribution >= 4 is 28.3 Å². The molecule has 0 aliphatic carbocycles. The minimum Gasteiger partial charge on any atom is -0.338 e. The number of hydrogen-bond donors (Lipinski definition) is 0. The molecular formula is C16H18FN3O2S. The van der Waals surface area contributed by atoms with E-state index in [4.69, 9.17) is 0 Å². The molecule has 5 nitrogen and oxygen atoms in total. The maximum Gasteiger partial charge on any atom is 0.273 e. The molecule has 0 saturated carbocycles. The Kier molecular flexibility index (Phi) is 5.10. The highest BCUT2D eigenvalue weighted by Gasteiger charge is 2.21. The Morgan fingerprint density at radius 1 is 1.13 bits per heavy atom. The molecule has 23 heavy (non-hydrogen) atoms. The number of hydrogen-bond acceptors (Lipinski definition) is 4. The molecule has 122 valence electrons. The van der Waals surface area contributed by atoms with Gasteiger partial charge in [-0.05, 0) is 38.1 Å². The van der Waals surface area contributed by atoms with E-state index in [-0.39, 0.29) is 17.9 Å². The second kappa shape index (κ2) is 6.87. The normalized spacial score (nSPS) is 10.7. The van der Waals surface area contributed by atoms with Crippen LogP contribution >= 0.6 is 11.3 Å². The fraction of sp³-hybridized carbons (Fsp3) is 0.312. The van der Waals surface area contributed by atoms with Crippen LogP contribution in [-0.4, -0.2) is 41.8 Å². The zero-order valence-corrected chi connectivity index (χ0v) is 14.2. The van der Waals surface area contributed by atoms with Crippen molar-refractivity contribution in [2.24, 2.45) is 0 Å². The molecule has 1 heterocycles. The van der Waals surface area contributed by atoms with Crippen LogP contribution in [0.2, 0.25) is 0 Å². The summed E-state index contributed by atoms with van der Waals surface area (Å²) < 4.78 is 12.9. The first-order valence-electron chi connectivity index (χ1n) is 7.07. The van der Waals surface area contributed by atoms with Crippen LogP contribution in [0.25, 0.3) is 0 Å². The van der Waals surface area contributed by atoms with Gasteiger partial charge in [-0.3, -0.25) is 14.5 Å². The third-order valence-electron chi connectivity index (χ3n) is 3.49. The highest BCUT2D eigenvalue weighted by Crippen LogP contribution is 2.22. The third-order valence-corrected chi connectivity index (χ3v) is 4.41. The number of nitrogens with zero attached hydrogens (tertiary/aromatic N) is 3. The van der Waals surface area contributed by atoms with Gasteiger partial charge in [-0.2, -0.15) is 0 Å². The first kappa shape index (κ1) is 17.1. The Hall–Kier alpha value is -2.28. The van der Waals surface area contributed by atoms with Gasteiger partial charge in [-0.1, -0.05) is 0 Å². The van der Waals surface area contributed by atoms with Crippen molar-refractivity contribution in [3.8, 4) is 0 Å². The number of aromatic nitrogens is 1. The van der Waals surface area contributed by atoms with Gasteiger partial charge in [0, 0.05) is 31.1 Å². The van der Waals surface area contributed by atoms with Crippen LogP contribution in [-0.2, 0) is 0 Å². The van der Waals surface area contributed by atoms with Crippen molar-refractivity contribution in [1.82, 2.24) is 9.88 Å². The Morgan fingerprint density at radius 3 is 2.30 bits per heavy atom. The van der Waals surface area contributed by atoms with E-state index in [9.17, 15) is 14.0 Å². The van der Waals surface area contributed by atoms with Gasteiger partial charge in [0.05, 0.1) is 0 Å². The monoisotopic (exact) mass is 335 g/mol. The van der Waals surface area contributed by atoms with E-state index < -0.39 is 5.82 Å². The van der Waals surface area contributed by atoms with E-state index in [1.165, 1.54) is 40.5 Å². The number of benzene rings is 1. The molecule has 1 aromatic heterocycles. The van der Waals surface area contributed by atoms with Gasteiger partial charge in [0.2, 0.25) is 0 Å². The quantitative estimate of drug-likeness (QED) is 0.863. The fourth-order valence-electron chi connectivity index (χ4n) is 1.80. The first-order valence-corrected chi connectivity index (χ1v) is 7.95. The van der Waals surface area contributed by atoms with Crippen molar-refractivity contribution in [2.45, 2.75) is 19.9 Å². The molecule has 0 N–H and O–H groups in total. The van der Waals surface area contributed by atoms with Crippen molar-refractivity contribution in [3.05, 3.63) is 46.7 Å². The lowest BCUT2D eigenvalue weighted by atomic mass is 10.2. The highest BCUT2D eigenvalue weighted by molar-refractivity contribution is 7.14. The van der Waals surface area contributed by atoms with Crippen LogP contribution in [0.3, 0.4) is 0 Å². The van der Waals surface area contributed by atoms with Crippen molar-refractivity contribution in [1.29, 1.82) is 0 Å². The SMILES string of the molecule is CC(C)N(C)C(=O)c1csc(N(C)C(=O)c2ccc(F)cc2)n1. The molecule has 0 aliphatic heterocycles. The minimum absolute atomic E-state index is 0.0613. The molecule has 0 unspecified atom stereocenters. The standard InChI is InChI=1S/C16H18FN3O2S/c1-10(2)19(3)15(22)13-9-23-16(18-13)20(4)14(21)11-5-7-12(17)8-6-11/h5-10H,1-4H3. The Balaban J connectivity index is 2.18. The summed E-state index contributed by atoms with van der Waals surface area (Å²) in [4.78, 5) is 31.7. The van der Waals surface area contributed by atoms with Gasteiger partial charge < -0.3 is 4.90 Å². The van der Waals surface area contributed by atoms with Crippen molar-refractivity contribution < 1.29 is 14.0 Å². The molecule has 0 aliphatic rings. The maximum absolute atomic E-state index is 12.9. The van der Waals surface area contributed by atoms with E-state index in [2.05, 4.69) is 4.98 Å². The minimum atomic E-state index is -0.400. The van der Waals surface area contributed by atoms with E-state index in [0.29, 0.717) is 16.4 Å². The summed E-state index contributed by atoms with van der Waals surface area (Å²) in [7, 11) is 3.28. The molecular weight excluding hydrogens is 317 g/mol. The molecule has 0 radical (unpaired) electrons. The smallest absolute Gasteiger partial charge is 0.273 e. The number of thiazole rings is 1. The zero-order chi connectivity index (χ0) is 17.1. The van der Waals surface area contributed by atoms with Gasteiger partial charge >= 0.3 is 0 Å². The number of rotatable bonds is 4. The molecule has 0 bridgehead atoms. The summed E-state index contributed by atoms with van der Waals surface area (Å²) >= 11 is 1.21. The zero-order valence-electron chi connectivity index (χ0n) is 13.4.